The van der Waals surface area contributed by atoms with E-state index in [4.69, 9.17) is 4.74 Å². The fourth-order valence-corrected chi connectivity index (χ4v) is 2.23. The molecule has 2 rings (SSSR count). The van der Waals surface area contributed by atoms with Gasteiger partial charge in [-0.1, -0.05) is 42.0 Å². The molecule has 1 aromatic carbocycles. The van der Waals surface area contributed by atoms with E-state index in [1.165, 1.54) is 0 Å². The van der Waals surface area contributed by atoms with E-state index < -0.39 is 6.09 Å². The highest BCUT2D eigenvalue weighted by atomic mass is 16.6. The van der Waals surface area contributed by atoms with Crippen LogP contribution in [0.1, 0.15) is 31.7 Å². The van der Waals surface area contributed by atoms with Crippen LogP contribution in [0.25, 0.3) is 0 Å². The second-order valence-electron chi connectivity index (χ2n) is 4.78. The fraction of sp³-hybridized carbons (Fsp3) is 0.400. The predicted octanol–water partition coefficient (Wildman–Crippen LogP) is 3.51. The molecule has 1 unspecified atom stereocenters. The maximum Gasteiger partial charge on any atom is 0.434 e. The fourth-order valence-electron chi connectivity index (χ4n) is 2.23. The minimum atomic E-state index is -0.691. The molecular weight excluding hydrogens is 242 g/mol. The minimum Gasteiger partial charge on any atom is -0.443 e. The van der Waals surface area contributed by atoms with Gasteiger partial charge in [-0.15, -0.1) is 0 Å². The average Bonchev–Trinajstić information content (AvgIpc) is 2.45. The third-order valence-electron chi connectivity index (χ3n) is 3.36. The topological polar surface area (TPSA) is 49.8 Å². The van der Waals surface area contributed by atoms with Crippen molar-refractivity contribution in [2.24, 2.45) is 0 Å². The number of rotatable bonds is 3. The number of hydrogen-bond donors (Lipinski definition) is 1. The highest BCUT2D eigenvalue weighted by Crippen LogP contribution is 2.22. The first-order valence-electron chi connectivity index (χ1n) is 6.54. The summed E-state index contributed by atoms with van der Waals surface area (Å²) in [5, 5.41) is 10.6. The Bertz CT molecular complexity index is 456. The zero-order valence-corrected chi connectivity index (χ0v) is 11.1. The molecule has 0 aliphatic heterocycles. The molecule has 1 aromatic rings. The van der Waals surface area contributed by atoms with Crippen molar-refractivity contribution in [3.8, 4) is 0 Å². The van der Waals surface area contributed by atoms with Crippen LogP contribution in [0.4, 0.5) is 4.79 Å². The second-order valence-corrected chi connectivity index (χ2v) is 4.78. The summed E-state index contributed by atoms with van der Waals surface area (Å²) < 4.78 is 5.10. The van der Waals surface area contributed by atoms with Crippen molar-refractivity contribution in [2.45, 2.75) is 38.8 Å². The minimum absolute atomic E-state index is 0.173. The van der Waals surface area contributed by atoms with Gasteiger partial charge in [-0.2, -0.15) is 5.06 Å². The molecule has 19 heavy (non-hydrogen) atoms. The van der Waals surface area contributed by atoms with E-state index in [9.17, 15) is 10.0 Å². The van der Waals surface area contributed by atoms with Crippen LogP contribution in [0.15, 0.2) is 42.0 Å². The van der Waals surface area contributed by atoms with Crippen molar-refractivity contribution in [3.63, 3.8) is 0 Å². The third kappa shape index (κ3) is 3.58. The number of carbonyl (C=O) groups is 1. The van der Waals surface area contributed by atoms with Gasteiger partial charge in [0.15, 0.2) is 0 Å². The number of benzene rings is 1. The van der Waals surface area contributed by atoms with Crippen LogP contribution in [-0.4, -0.2) is 22.4 Å². The van der Waals surface area contributed by atoms with Gasteiger partial charge in [0.1, 0.15) is 6.61 Å². The van der Waals surface area contributed by atoms with Gasteiger partial charge in [0.25, 0.3) is 0 Å². The molecule has 4 nitrogen and oxygen atoms in total. The maximum absolute atomic E-state index is 11.8. The number of hydroxylamine groups is 2. The van der Waals surface area contributed by atoms with Crippen LogP contribution in [0.3, 0.4) is 0 Å². The summed E-state index contributed by atoms with van der Waals surface area (Å²) in [4.78, 5) is 11.8. The molecule has 1 amide bonds. The first-order valence-corrected chi connectivity index (χ1v) is 6.54. The third-order valence-corrected chi connectivity index (χ3v) is 3.36. The van der Waals surface area contributed by atoms with Gasteiger partial charge in [0.05, 0.1) is 6.04 Å². The molecule has 0 bridgehead atoms. The molecule has 1 N–H and O–H groups in total. The molecule has 0 heterocycles. The van der Waals surface area contributed by atoms with Gasteiger partial charge >= 0.3 is 6.09 Å². The van der Waals surface area contributed by atoms with Crippen LogP contribution in [0.2, 0.25) is 0 Å². The van der Waals surface area contributed by atoms with Gasteiger partial charge in [-0.25, -0.2) is 4.79 Å². The number of carbonyl (C=O) groups excluding carboxylic acids is 1. The Hall–Kier alpha value is -1.81. The summed E-state index contributed by atoms with van der Waals surface area (Å²) >= 11 is 0. The second kappa shape index (κ2) is 6.38. The lowest BCUT2D eigenvalue weighted by Crippen LogP contribution is -2.39. The standard InChI is InChI=1S/C15H19NO3/c1-12-7-5-6-10-14(12)16(18)15(17)19-11-13-8-3-2-4-9-13/h2-4,7-9,14,18H,5-6,10-11H2,1H3. The molecule has 0 radical (unpaired) electrons. The molecule has 0 spiro atoms. The molecule has 0 fully saturated rings. The summed E-state index contributed by atoms with van der Waals surface area (Å²) in [5.41, 5.74) is 1.92. The smallest absolute Gasteiger partial charge is 0.434 e. The van der Waals surface area contributed by atoms with E-state index in [0.717, 1.165) is 30.4 Å². The lowest BCUT2D eigenvalue weighted by molar-refractivity contribution is -0.0998. The average molecular weight is 261 g/mol. The number of hydrogen-bond acceptors (Lipinski definition) is 3. The normalized spacial score (nSPS) is 18.6. The van der Waals surface area contributed by atoms with Crippen LogP contribution in [-0.2, 0) is 11.3 Å². The summed E-state index contributed by atoms with van der Waals surface area (Å²) in [6, 6.07) is 9.17. The van der Waals surface area contributed by atoms with Crippen molar-refractivity contribution in [1.29, 1.82) is 0 Å². The molecule has 4 heteroatoms. The molecule has 1 aliphatic carbocycles. The summed E-state index contributed by atoms with van der Waals surface area (Å²) in [6.45, 7) is 2.10. The predicted molar refractivity (Wildman–Crippen MR) is 71.6 cm³/mol. The van der Waals surface area contributed by atoms with E-state index in [-0.39, 0.29) is 12.6 Å². The van der Waals surface area contributed by atoms with Gasteiger partial charge in [-0.05, 0) is 31.7 Å². The Morgan fingerprint density at radius 1 is 1.42 bits per heavy atom. The number of allylic oxidation sites excluding steroid dienone is 1. The number of nitrogens with zero attached hydrogens (tertiary/aromatic N) is 1. The van der Waals surface area contributed by atoms with E-state index in [1.54, 1.807) is 0 Å². The molecule has 1 aliphatic rings. The lowest BCUT2D eigenvalue weighted by Gasteiger charge is -2.28. The monoisotopic (exact) mass is 261 g/mol. The summed E-state index contributed by atoms with van der Waals surface area (Å²) in [6.07, 6.45) is 4.13. The molecule has 0 saturated carbocycles. The van der Waals surface area contributed by atoms with Gasteiger partial charge in [0, 0.05) is 0 Å². The molecule has 0 saturated heterocycles. The van der Waals surface area contributed by atoms with Gasteiger partial charge in [-0.3, -0.25) is 5.21 Å². The zero-order valence-electron chi connectivity index (χ0n) is 11.1. The van der Waals surface area contributed by atoms with Crippen LogP contribution in [0.5, 0.6) is 0 Å². The first-order chi connectivity index (χ1) is 9.18. The highest BCUT2D eigenvalue weighted by molar-refractivity contribution is 5.67. The first kappa shape index (κ1) is 13.6. The van der Waals surface area contributed by atoms with Crippen molar-refractivity contribution >= 4 is 6.09 Å². The maximum atomic E-state index is 11.8. The number of ether oxygens (including phenoxy) is 1. The van der Waals surface area contributed by atoms with Crippen molar-refractivity contribution in [2.75, 3.05) is 0 Å². The number of amides is 1. The SMILES string of the molecule is CC1=CCCCC1N(O)C(=O)OCc1ccccc1. The Labute approximate surface area is 113 Å². The van der Waals surface area contributed by atoms with Crippen LogP contribution >= 0.6 is 0 Å². The quantitative estimate of drug-likeness (QED) is 0.514. The Morgan fingerprint density at radius 2 is 2.16 bits per heavy atom. The van der Waals surface area contributed by atoms with Crippen molar-refractivity contribution in [1.82, 2.24) is 5.06 Å². The van der Waals surface area contributed by atoms with Gasteiger partial charge < -0.3 is 4.74 Å². The van der Waals surface area contributed by atoms with Crippen molar-refractivity contribution in [3.05, 3.63) is 47.5 Å². The molecule has 102 valence electrons. The molecule has 0 aromatic heterocycles. The van der Waals surface area contributed by atoms with E-state index in [0.29, 0.717) is 5.06 Å². The van der Waals surface area contributed by atoms with Crippen LogP contribution in [0, 0.1) is 0 Å². The van der Waals surface area contributed by atoms with Crippen LogP contribution < -0.4 is 0 Å². The van der Waals surface area contributed by atoms with E-state index >= 15 is 0 Å². The molecule has 1 atom stereocenters. The Morgan fingerprint density at radius 3 is 2.84 bits per heavy atom. The van der Waals surface area contributed by atoms with Crippen molar-refractivity contribution < 1.29 is 14.7 Å². The Kier molecular flexibility index (Phi) is 4.58. The van der Waals surface area contributed by atoms with E-state index in [1.807, 2.05) is 37.3 Å². The van der Waals surface area contributed by atoms with Gasteiger partial charge in [0.2, 0.25) is 0 Å². The zero-order chi connectivity index (χ0) is 13.7. The summed E-state index contributed by atoms with van der Waals surface area (Å²) in [7, 11) is 0. The summed E-state index contributed by atoms with van der Waals surface area (Å²) in [5.74, 6) is 0. The highest BCUT2D eigenvalue weighted by Gasteiger charge is 2.26. The van der Waals surface area contributed by atoms with E-state index in [2.05, 4.69) is 6.08 Å². The lowest BCUT2D eigenvalue weighted by atomic mass is 9.95. The molecular formula is C15H19NO3. The largest absolute Gasteiger partial charge is 0.443 e. The Balaban J connectivity index is 1.89.